The Kier molecular flexibility index (Phi) is 10.5. The number of hydrogen-bond acceptors (Lipinski definition) is 6. The number of carbonyl (C=O) groups excluding carboxylic acids is 2. The molecule has 1 aliphatic rings. The molecule has 0 spiro atoms. The molecule has 3 aromatic rings. The van der Waals surface area contributed by atoms with E-state index < -0.39 is 17.7 Å². The maximum Gasteiger partial charge on any atom is 0.340 e. The zero-order chi connectivity index (χ0) is 32.2. The molecule has 1 N–H and O–H groups in total. The summed E-state index contributed by atoms with van der Waals surface area (Å²) in [6.45, 7) is 19.8. The van der Waals surface area contributed by atoms with Crippen LogP contribution in [0.2, 0.25) is 0 Å². The first-order valence-corrected chi connectivity index (χ1v) is 15.8. The number of hydrogen-bond donors (Lipinski definition) is 1. The van der Waals surface area contributed by atoms with Gasteiger partial charge in [-0.15, -0.1) is 0 Å². The summed E-state index contributed by atoms with van der Waals surface area (Å²) in [5.74, 6) is 0.493. The minimum atomic E-state index is -0.941. The number of benzene rings is 2. The maximum atomic E-state index is 13.7. The van der Waals surface area contributed by atoms with Crippen molar-refractivity contribution in [3.63, 3.8) is 0 Å². The molecule has 0 aliphatic carbocycles. The molecule has 44 heavy (non-hydrogen) atoms. The van der Waals surface area contributed by atoms with Crippen LogP contribution in [0, 0.1) is 25.7 Å². The molecular formula is C37H49N3O4. The highest BCUT2D eigenvalue weighted by molar-refractivity contribution is 5.93. The summed E-state index contributed by atoms with van der Waals surface area (Å²) in [7, 11) is 0. The van der Waals surface area contributed by atoms with E-state index in [1.165, 1.54) is 0 Å². The van der Waals surface area contributed by atoms with Crippen molar-refractivity contribution in [3.05, 3.63) is 77.1 Å². The summed E-state index contributed by atoms with van der Waals surface area (Å²) in [4.78, 5) is 33.9. The van der Waals surface area contributed by atoms with Gasteiger partial charge in [-0.05, 0) is 90.0 Å². The van der Waals surface area contributed by atoms with E-state index in [1.54, 1.807) is 0 Å². The second-order valence-electron chi connectivity index (χ2n) is 13.7. The molecule has 2 aromatic carbocycles. The molecule has 2 unspecified atom stereocenters. The summed E-state index contributed by atoms with van der Waals surface area (Å²) in [6.07, 6.45) is 0.237. The predicted molar refractivity (Wildman–Crippen MR) is 178 cm³/mol. The highest BCUT2D eigenvalue weighted by Crippen LogP contribution is 2.44. The van der Waals surface area contributed by atoms with Gasteiger partial charge in [-0.25, -0.2) is 4.79 Å². The Balaban J connectivity index is 1.82. The third-order valence-corrected chi connectivity index (χ3v) is 7.73. The Morgan fingerprint density at radius 1 is 0.955 bits per heavy atom. The van der Waals surface area contributed by atoms with Crippen molar-refractivity contribution >= 4 is 23.3 Å². The Bertz CT molecular complexity index is 1430. The molecule has 1 amide bonds. The SMILES string of the molecule is Cc1nc(C)c([C@H](OC(C)(C)C)C(=O)OC(C)C)c(N2CC(C)CC(C)C2)c1-c1ccc(NC(=O)Cc2ccccc2)cc1. The molecule has 2 heterocycles. The summed E-state index contributed by atoms with van der Waals surface area (Å²) in [5.41, 5.74) is 6.39. The number of aryl methyl sites for hydroxylation is 2. The highest BCUT2D eigenvalue weighted by Gasteiger charge is 2.37. The number of anilines is 2. The van der Waals surface area contributed by atoms with Gasteiger partial charge in [0.1, 0.15) is 0 Å². The van der Waals surface area contributed by atoms with Crippen LogP contribution >= 0.6 is 0 Å². The van der Waals surface area contributed by atoms with E-state index in [0.29, 0.717) is 18.3 Å². The summed E-state index contributed by atoms with van der Waals surface area (Å²) >= 11 is 0. The number of piperidine rings is 1. The summed E-state index contributed by atoms with van der Waals surface area (Å²) < 4.78 is 12.3. The van der Waals surface area contributed by atoms with Crippen LogP contribution in [-0.4, -0.2) is 41.7 Å². The molecule has 1 aromatic heterocycles. The van der Waals surface area contributed by atoms with Crippen molar-refractivity contribution < 1.29 is 19.1 Å². The molecular weight excluding hydrogens is 550 g/mol. The van der Waals surface area contributed by atoms with E-state index >= 15 is 0 Å². The Morgan fingerprint density at radius 3 is 2.14 bits per heavy atom. The largest absolute Gasteiger partial charge is 0.461 e. The number of nitrogens with one attached hydrogen (secondary N) is 1. The van der Waals surface area contributed by atoms with E-state index in [-0.39, 0.29) is 12.0 Å². The number of pyridine rings is 1. The number of ether oxygens (including phenoxy) is 2. The number of amides is 1. The molecule has 0 bridgehead atoms. The van der Waals surface area contributed by atoms with Crippen LogP contribution in [0.15, 0.2) is 54.6 Å². The molecule has 1 aliphatic heterocycles. The first-order chi connectivity index (χ1) is 20.7. The summed E-state index contributed by atoms with van der Waals surface area (Å²) in [6, 6.07) is 17.6. The number of carbonyl (C=O) groups is 2. The van der Waals surface area contributed by atoms with E-state index in [9.17, 15) is 9.59 Å². The minimum absolute atomic E-state index is 0.0674. The fraction of sp³-hybridized carbons (Fsp3) is 0.486. The Morgan fingerprint density at radius 2 is 1.57 bits per heavy atom. The molecule has 3 atom stereocenters. The molecule has 7 heteroatoms. The number of esters is 1. The fourth-order valence-corrected chi connectivity index (χ4v) is 6.26. The van der Waals surface area contributed by atoms with Crippen molar-refractivity contribution in [2.75, 3.05) is 23.3 Å². The fourth-order valence-electron chi connectivity index (χ4n) is 6.26. The molecule has 1 saturated heterocycles. The van der Waals surface area contributed by atoms with Crippen LogP contribution in [-0.2, 0) is 25.5 Å². The highest BCUT2D eigenvalue weighted by atomic mass is 16.6. The molecule has 0 radical (unpaired) electrons. The van der Waals surface area contributed by atoms with E-state index in [1.807, 2.05) is 103 Å². The topological polar surface area (TPSA) is 80.8 Å². The second kappa shape index (κ2) is 13.9. The normalized spacial score (nSPS) is 17.8. The van der Waals surface area contributed by atoms with Crippen molar-refractivity contribution in [2.24, 2.45) is 11.8 Å². The molecule has 236 valence electrons. The zero-order valence-corrected chi connectivity index (χ0v) is 27.9. The third-order valence-electron chi connectivity index (χ3n) is 7.73. The quantitative estimate of drug-likeness (QED) is 0.253. The average Bonchev–Trinajstić information content (AvgIpc) is 2.91. The van der Waals surface area contributed by atoms with Gasteiger partial charge in [0.2, 0.25) is 5.91 Å². The van der Waals surface area contributed by atoms with Crippen molar-refractivity contribution in [2.45, 2.75) is 93.0 Å². The first kappa shape index (κ1) is 33.2. The zero-order valence-electron chi connectivity index (χ0n) is 27.9. The van der Waals surface area contributed by atoms with Gasteiger partial charge in [-0.2, -0.15) is 0 Å². The van der Waals surface area contributed by atoms with Gasteiger partial charge in [0, 0.05) is 41.3 Å². The van der Waals surface area contributed by atoms with E-state index in [4.69, 9.17) is 14.5 Å². The van der Waals surface area contributed by atoms with Gasteiger partial charge in [-0.3, -0.25) is 9.78 Å². The third kappa shape index (κ3) is 8.47. The van der Waals surface area contributed by atoms with Crippen molar-refractivity contribution in [1.82, 2.24) is 4.98 Å². The lowest BCUT2D eigenvalue weighted by molar-refractivity contribution is -0.171. The molecule has 4 rings (SSSR count). The molecule has 0 saturated carbocycles. The number of rotatable bonds is 9. The van der Waals surface area contributed by atoms with Crippen LogP contribution in [0.25, 0.3) is 11.1 Å². The van der Waals surface area contributed by atoms with Crippen LogP contribution in [0.5, 0.6) is 0 Å². The standard InChI is InChI=1S/C37H49N3O4/c1-23(2)43-36(42)35(44-37(7,8)9)33-27(6)38-26(5)32(34(33)40-21-24(3)19-25(4)22-40)29-15-17-30(18-16-29)39-31(41)20-28-13-11-10-12-14-28/h10-18,23-25,35H,19-22H2,1-9H3,(H,39,41)/t24?,25?,35-/m0/s1. The minimum Gasteiger partial charge on any atom is -0.461 e. The van der Waals surface area contributed by atoms with Crippen LogP contribution in [0.3, 0.4) is 0 Å². The van der Waals surface area contributed by atoms with E-state index in [0.717, 1.165) is 64.5 Å². The van der Waals surface area contributed by atoms with Gasteiger partial charge in [-0.1, -0.05) is 56.3 Å². The van der Waals surface area contributed by atoms with Gasteiger partial charge in [0.05, 0.1) is 23.8 Å². The van der Waals surface area contributed by atoms with Gasteiger partial charge >= 0.3 is 5.97 Å². The van der Waals surface area contributed by atoms with Crippen molar-refractivity contribution in [3.8, 4) is 11.1 Å². The number of nitrogens with zero attached hydrogens (tertiary/aromatic N) is 2. The lowest BCUT2D eigenvalue weighted by atomic mass is 9.88. The Labute approximate surface area is 263 Å². The summed E-state index contributed by atoms with van der Waals surface area (Å²) in [5, 5.41) is 3.02. The molecule has 1 fully saturated rings. The van der Waals surface area contributed by atoms with Crippen molar-refractivity contribution in [1.29, 1.82) is 0 Å². The monoisotopic (exact) mass is 599 g/mol. The van der Waals surface area contributed by atoms with Gasteiger partial charge in [0.25, 0.3) is 0 Å². The second-order valence-corrected chi connectivity index (χ2v) is 13.7. The lowest BCUT2D eigenvalue weighted by Gasteiger charge is -2.40. The number of aromatic nitrogens is 1. The smallest absolute Gasteiger partial charge is 0.340 e. The maximum absolute atomic E-state index is 13.7. The lowest BCUT2D eigenvalue weighted by Crippen LogP contribution is -2.41. The molecule has 7 nitrogen and oxygen atoms in total. The predicted octanol–water partition coefficient (Wildman–Crippen LogP) is 7.84. The van der Waals surface area contributed by atoms with Crippen LogP contribution in [0.1, 0.15) is 83.5 Å². The average molecular weight is 600 g/mol. The van der Waals surface area contributed by atoms with Crippen LogP contribution < -0.4 is 10.2 Å². The Hall–Kier alpha value is -3.71. The van der Waals surface area contributed by atoms with Gasteiger partial charge < -0.3 is 19.7 Å². The van der Waals surface area contributed by atoms with Gasteiger partial charge in [0.15, 0.2) is 6.10 Å². The first-order valence-electron chi connectivity index (χ1n) is 15.8. The van der Waals surface area contributed by atoms with Crippen LogP contribution in [0.4, 0.5) is 11.4 Å². The van der Waals surface area contributed by atoms with E-state index in [2.05, 4.69) is 24.1 Å².